The van der Waals surface area contributed by atoms with Gasteiger partial charge in [0, 0.05) is 6.42 Å². The standard InChI is InChI=1S/C18H23N5O4S.CH4/c1-5-7-15-20-11(3)16-18(24)21-17(22-23(15)16)13-10-12(28(25,26)19-4)8-9-14(13)27-6-2;/h8-10,19H,5-7H2,1-4H3,(H,21,22,24);1H4. The topological polar surface area (TPSA) is 118 Å². The summed E-state index contributed by atoms with van der Waals surface area (Å²) >= 11 is 0. The second-order valence-corrected chi connectivity index (χ2v) is 8.11. The van der Waals surface area contributed by atoms with Crippen molar-refractivity contribution in [1.82, 2.24) is 24.3 Å². The number of aromatic nitrogens is 4. The van der Waals surface area contributed by atoms with Crippen molar-refractivity contribution in [2.45, 2.75) is 45.9 Å². The molecule has 0 aliphatic rings. The fourth-order valence-corrected chi connectivity index (χ4v) is 3.76. The first-order valence-corrected chi connectivity index (χ1v) is 10.5. The number of benzene rings is 1. The molecule has 3 aromatic rings. The highest BCUT2D eigenvalue weighted by molar-refractivity contribution is 7.89. The van der Waals surface area contributed by atoms with Crippen LogP contribution >= 0.6 is 0 Å². The first-order chi connectivity index (χ1) is 13.3. The molecule has 0 fully saturated rings. The minimum Gasteiger partial charge on any atom is -0.493 e. The predicted octanol–water partition coefficient (Wildman–Crippen LogP) is 2.29. The summed E-state index contributed by atoms with van der Waals surface area (Å²) in [6.07, 6.45) is 1.51. The van der Waals surface area contributed by atoms with E-state index in [4.69, 9.17) is 4.74 Å². The molecule has 2 N–H and O–H groups in total. The first-order valence-electron chi connectivity index (χ1n) is 9.01. The van der Waals surface area contributed by atoms with Crippen LogP contribution in [0.2, 0.25) is 0 Å². The number of imidazole rings is 1. The Labute approximate surface area is 170 Å². The molecule has 0 atom stereocenters. The molecule has 0 aliphatic carbocycles. The summed E-state index contributed by atoms with van der Waals surface area (Å²) in [4.78, 5) is 19.9. The van der Waals surface area contributed by atoms with E-state index < -0.39 is 10.0 Å². The Balaban J connectivity index is 0.00000300. The van der Waals surface area contributed by atoms with Crippen molar-refractivity contribution < 1.29 is 13.2 Å². The van der Waals surface area contributed by atoms with Crippen molar-refractivity contribution >= 4 is 15.5 Å². The lowest BCUT2D eigenvalue weighted by molar-refractivity contribution is 0.341. The van der Waals surface area contributed by atoms with Crippen LogP contribution in [0.5, 0.6) is 5.75 Å². The molecule has 2 aromatic heterocycles. The summed E-state index contributed by atoms with van der Waals surface area (Å²) in [5.41, 5.74) is 1.01. The molecular formula is C19H27N5O4S. The maximum absolute atomic E-state index is 12.7. The minimum atomic E-state index is -3.67. The van der Waals surface area contributed by atoms with E-state index in [1.165, 1.54) is 23.7 Å². The van der Waals surface area contributed by atoms with Crippen molar-refractivity contribution in [2.75, 3.05) is 13.7 Å². The number of hydrogen-bond donors (Lipinski definition) is 2. The van der Waals surface area contributed by atoms with Crippen LogP contribution in [0.25, 0.3) is 16.9 Å². The molecule has 0 saturated carbocycles. The van der Waals surface area contributed by atoms with Crippen molar-refractivity contribution in [3.8, 4) is 17.1 Å². The molecule has 0 aliphatic heterocycles. The molecule has 0 amide bonds. The van der Waals surface area contributed by atoms with Gasteiger partial charge in [-0.2, -0.15) is 0 Å². The van der Waals surface area contributed by atoms with Gasteiger partial charge in [-0.25, -0.2) is 22.6 Å². The lowest BCUT2D eigenvalue weighted by Gasteiger charge is -2.12. The van der Waals surface area contributed by atoms with Crippen LogP contribution in [0.1, 0.15) is 39.2 Å². The number of rotatable bonds is 7. The number of fused-ring (bicyclic) bond motifs is 1. The molecule has 0 radical (unpaired) electrons. The van der Waals surface area contributed by atoms with Gasteiger partial charge < -0.3 is 9.72 Å². The average molecular weight is 422 g/mol. The van der Waals surface area contributed by atoms with Gasteiger partial charge in [-0.15, -0.1) is 5.10 Å². The summed E-state index contributed by atoms with van der Waals surface area (Å²) in [6, 6.07) is 4.43. The van der Waals surface area contributed by atoms with Gasteiger partial charge in [0.1, 0.15) is 11.6 Å². The maximum Gasteiger partial charge on any atom is 0.277 e. The SMILES string of the molecule is C.CCCc1nc(C)c2c(=O)[nH]c(-c3cc(S(=O)(=O)NC)ccc3OCC)nn12. The summed E-state index contributed by atoms with van der Waals surface area (Å²) in [5.74, 6) is 1.32. The van der Waals surface area contributed by atoms with Gasteiger partial charge in [-0.3, -0.25) is 4.79 Å². The molecular weight excluding hydrogens is 394 g/mol. The largest absolute Gasteiger partial charge is 0.493 e. The second-order valence-electron chi connectivity index (χ2n) is 6.23. The Hall–Kier alpha value is -2.72. The van der Waals surface area contributed by atoms with Crippen LogP contribution in [-0.2, 0) is 16.4 Å². The highest BCUT2D eigenvalue weighted by Crippen LogP contribution is 2.30. The zero-order valence-electron chi connectivity index (χ0n) is 16.2. The second kappa shape index (κ2) is 8.75. The number of nitrogens with one attached hydrogen (secondary N) is 2. The fourth-order valence-electron chi connectivity index (χ4n) is 3.00. The van der Waals surface area contributed by atoms with Crippen LogP contribution in [-0.4, -0.2) is 41.7 Å². The number of hydrogen-bond acceptors (Lipinski definition) is 6. The van der Waals surface area contributed by atoms with Crippen LogP contribution in [0.3, 0.4) is 0 Å². The molecule has 29 heavy (non-hydrogen) atoms. The molecule has 10 heteroatoms. The number of nitrogens with zero attached hydrogens (tertiary/aromatic N) is 3. The minimum absolute atomic E-state index is 0. The summed E-state index contributed by atoms with van der Waals surface area (Å²) in [7, 11) is -2.33. The lowest BCUT2D eigenvalue weighted by atomic mass is 10.2. The highest BCUT2D eigenvalue weighted by atomic mass is 32.2. The third kappa shape index (κ3) is 4.18. The number of sulfonamides is 1. The first kappa shape index (κ1) is 22.6. The Morgan fingerprint density at radius 1 is 1.28 bits per heavy atom. The van der Waals surface area contributed by atoms with Crippen molar-refractivity contribution in [3.63, 3.8) is 0 Å². The molecule has 0 spiro atoms. The Kier molecular flexibility index (Phi) is 6.81. The highest BCUT2D eigenvalue weighted by Gasteiger charge is 2.20. The quantitative estimate of drug-likeness (QED) is 0.604. The Morgan fingerprint density at radius 2 is 2.00 bits per heavy atom. The number of ether oxygens (including phenoxy) is 1. The predicted molar refractivity (Wildman–Crippen MR) is 112 cm³/mol. The molecule has 158 valence electrons. The monoisotopic (exact) mass is 421 g/mol. The zero-order chi connectivity index (χ0) is 20.5. The molecule has 0 bridgehead atoms. The van der Waals surface area contributed by atoms with E-state index in [0.717, 1.165) is 6.42 Å². The number of H-pyrrole nitrogens is 1. The van der Waals surface area contributed by atoms with Crippen molar-refractivity contribution in [2.24, 2.45) is 0 Å². The van der Waals surface area contributed by atoms with Gasteiger partial charge in [0.25, 0.3) is 5.56 Å². The molecule has 0 saturated heterocycles. The van der Waals surface area contributed by atoms with Gasteiger partial charge >= 0.3 is 0 Å². The van der Waals surface area contributed by atoms with Gasteiger partial charge in [0.2, 0.25) is 10.0 Å². The van der Waals surface area contributed by atoms with Crippen LogP contribution < -0.4 is 15.0 Å². The average Bonchev–Trinajstić information content (AvgIpc) is 2.98. The normalized spacial score (nSPS) is 11.4. The summed E-state index contributed by atoms with van der Waals surface area (Å²) in [5, 5.41) is 4.54. The molecule has 1 aromatic carbocycles. The smallest absolute Gasteiger partial charge is 0.277 e. The van der Waals surface area contributed by atoms with E-state index in [0.29, 0.717) is 41.4 Å². The van der Waals surface area contributed by atoms with Crippen molar-refractivity contribution in [3.05, 3.63) is 40.1 Å². The van der Waals surface area contributed by atoms with E-state index in [1.807, 2.05) is 13.8 Å². The fraction of sp³-hybridized carbons (Fsp3) is 0.421. The molecule has 2 heterocycles. The third-order valence-electron chi connectivity index (χ3n) is 4.30. The van der Waals surface area contributed by atoms with Crippen LogP contribution in [0.4, 0.5) is 0 Å². The van der Waals surface area contributed by atoms with Gasteiger partial charge in [-0.1, -0.05) is 14.4 Å². The van der Waals surface area contributed by atoms with Gasteiger partial charge in [0.05, 0.1) is 22.8 Å². The van der Waals surface area contributed by atoms with E-state index in [1.54, 1.807) is 13.0 Å². The molecule has 9 nitrogen and oxygen atoms in total. The molecule has 3 rings (SSSR count). The Bertz CT molecular complexity index is 1180. The van der Waals surface area contributed by atoms with Gasteiger partial charge in [0.15, 0.2) is 11.3 Å². The van der Waals surface area contributed by atoms with E-state index >= 15 is 0 Å². The maximum atomic E-state index is 12.7. The summed E-state index contributed by atoms with van der Waals surface area (Å²) < 4.78 is 33.9. The van der Waals surface area contributed by atoms with E-state index in [2.05, 4.69) is 19.8 Å². The number of aryl methyl sites for hydroxylation is 2. The third-order valence-corrected chi connectivity index (χ3v) is 5.71. The van der Waals surface area contributed by atoms with Crippen LogP contribution in [0.15, 0.2) is 27.9 Å². The number of aromatic amines is 1. The Morgan fingerprint density at radius 3 is 2.62 bits per heavy atom. The summed E-state index contributed by atoms with van der Waals surface area (Å²) in [6.45, 7) is 5.98. The lowest BCUT2D eigenvalue weighted by Crippen LogP contribution is -2.19. The van der Waals surface area contributed by atoms with E-state index in [-0.39, 0.29) is 23.7 Å². The van der Waals surface area contributed by atoms with Gasteiger partial charge in [-0.05, 0) is 45.5 Å². The van der Waals surface area contributed by atoms with E-state index in [9.17, 15) is 13.2 Å². The molecule has 0 unspecified atom stereocenters. The van der Waals surface area contributed by atoms with Crippen molar-refractivity contribution in [1.29, 1.82) is 0 Å². The van der Waals surface area contributed by atoms with Crippen LogP contribution in [0, 0.1) is 6.92 Å². The zero-order valence-corrected chi connectivity index (χ0v) is 17.1.